The smallest absolute Gasteiger partial charge is 0.273 e. The lowest BCUT2D eigenvalue weighted by Crippen LogP contribution is -2.01. The van der Waals surface area contributed by atoms with E-state index in [0.29, 0.717) is 29.7 Å². The lowest BCUT2D eigenvalue weighted by Gasteiger charge is -2.05. The number of nitrogens with zero attached hydrogens (tertiary/aromatic N) is 3. The highest BCUT2D eigenvalue weighted by atomic mass is 16.6. The third-order valence-corrected chi connectivity index (χ3v) is 2.53. The second kappa shape index (κ2) is 5.30. The zero-order valence-electron chi connectivity index (χ0n) is 10.1. The second-order valence-corrected chi connectivity index (χ2v) is 3.89. The van der Waals surface area contributed by atoms with E-state index >= 15 is 0 Å². The summed E-state index contributed by atoms with van der Waals surface area (Å²) in [4.78, 5) is 20.9. The molecule has 0 saturated heterocycles. The first-order valence-corrected chi connectivity index (χ1v) is 5.42. The van der Waals surface area contributed by atoms with Gasteiger partial charge in [-0.3, -0.25) is 19.6 Å². The third kappa shape index (κ3) is 2.95. The highest BCUT2D eigenvalue weighted by molar-refractivity contribution is 5.73. The number of carbonyl (C=O) groups is 1. The van der Waals surface area contributed by atoms with E-state index in [1.165, 1.54) is 30.1 Å². The van der Waals surface area contributed by atoms with Gasteiger partial charge < -0.3 is 4.74 Å². The first-order chi connectivity index (χ1) is 9.12. The van der Waals surface area contributed by atoms with Crippen LogP contribution in [0.3, 0.4) is 0 Å². The van der Waals surface area contributed by atoms with Crippen molar-refractivity contribution in [2.24, 2.45) is 0 Å². The predicted octanol–water partition coefficient (Wildman–Crippen LogP) is 1.66. The molecule has 0 aliphatic heterocycles. The van der Waals surface area contributed by atoms with Gasteiger partial charge in [-0.15, -0.1) is 0 Å². The molecule has 7 heteroatoms. The summed E-state index contributed by atoms with van der Waals surface area (Å²) < 4.78 is 6.55. The van der Waals surface area contributed by atoms with E-state index < -0.39 is 4.92 Å². The molecule has 0 saturated carbocycles. The Balaban J connectivity index is 2.30. The standard InChI is InChI=1S/C12H11N3O4/c1-19-12-3-9(2-11(4-12)15(17)18)6-14-7-10(8-16)5-13-14/h2-5,7-8H,6H2,1H3. The normalized spacial score (nSPS) is 10.2. The number of benzene rings is 1. The molecule has 0 aliphatic carbocycles. The molecule has 0 amide bonds. The molecule has 0 fully saturated rings. The van der Waals surface area contributed by atoms with E-state index in [2.05, 4.69) is 5.10 Å². The number of nitro benzene ring substituents is 1. The van der Waals surface area contributed by atoms with Crippen LogP contribution in [0.5, 0.6) is 5.75 Å². The summed E-state index contributed by atoms with van der Waals surface area (Å²) in [6, 6.07) is 4.49. The van der Waals surface area contributed by atoms with Crippen LogP contribution >= 0.6 is 0 Å². The number of methoxy groups -OCH3 is 1. The van der Waals surface area contributed by atoms with Gasteiger partial charge in [0.25, 0.3) is 5.69 Å². The monoisotopic (exact) mass is 261 g/mol. The Morgan fingerprint density at radius 2 is 2.26 bits per heavy atom. The van der Waals surface area contributed by atoms with Gasteiger partial charge in [0.15, 0.2) is 6.29 Å². The Kier molecular flexibility index (Phi) is 3.56. The zero-order chi connectivity index (χ0) is 13.8. The molecule has 1 aromatic carbocycles. The number of carbonyl (C=O) groups excluding carboxylic acids is 1. The molecule has 0 bridgehead atoms. The Labute approximate surface area is 108 Å². The third-order valence-electron chi connectivity index (χ3n) is 2.53. The number of nitro groups is 1. The van der Waals surface area contributed by atoms with Gasteiger partial charge in [-0.25, -0.2) is 0 Å². The van der Waals surface area contributed by atoms with Crippen LogP contribution in [0.4, 0.5) is 5.69 Å². The van der Waals surface area contributed by atoms with Gasteiger partial charge in [0.05, 0.1) is 36.4 Å². The van der Waals surface area contributed by atoms with E-state index in [-0.39, 0.29) is 5.69 Å². The lowest BCUT2D eigenvalue weighted by molar-refractivity contribution is -0.385. The molecule has 19 heavy (non-hydrogen) atoms. The van der Waals surface area contributed by atoms with Crippen molar-refractivity contribution < 1.29 is 14.5 Å². The molecule has 1 heterocycles. The van der Waals surface area contributed by atoms with Crippen LogP contribution in [0.25, 0.3) is 0 Å². The second-order valence-electron chi connectivity index (χ2n) is 3.89. The number of hydrogen-bond donors (Lipinski definition) is 0. The number of rotatable bonds is 5. The fourth-order valence-electron chi connectivity index (χ4n) is 1.67. The van der Waals surface area contributed by atoms with Crippen LogP contribution in [0.1, 0.15) is 15.9 Å². The maximum absolute atomic E-state index is 10.8. The molecule has 2 rings (SSSR count). The lowest BCUT2D eigenvalue weighted by atomic mass is 10.2. The molecule has 0 unspecified atom stereocenters. The molecular weight excluding hydrogens is 250 g/mol. The van der Waals surface area contributed by atoms with Crippen molar-refractivity contribution in [3.05, 3.63) is 51.8 Å². The Morgan fingerprint density at radius 1 is 1.47 bits per heavy atom. The van der Waals surface area contributed by atoms with Crippen LogP contribution in [0.15, 0.2) is 30.6 Å². The summed E-state index contributed by atoms with van der Waals surface area (Å²) >= 11 is 0. The van der Waals surface area contributed by atoms with Crippen LogP contribution < -0.4 is 4.74 Å². The first kappa shape index (κ1) is 12.7. The average molecular weight is 261 g/mol. The van der Waals surface area contributed by atoms with Crippen molar-refractivity contribution in [1.29, 1.82) is 0 Å². The van der Waals surface area contributed by atoms with Gasteiger partial charge in [0.1, 0.15) is 5.75 Å². The Bertz CT molecular complexity index is 621. The van der Waals surface area contributed by atoms with Crippen LogP contribution in [0.2, 0.25) is 0 Å². The molecule has 0 aliphatic rings. The largest absolute Gasteiger partial charge is 0.496 e. The number of hydrogen-bond acceptors (Lipinski definition) is 5. The van der Waals surface area contributed by atoms with E-state index in [9.17, 15) is 14.9 Å². The van der Waals surface area contributed by atoms with Gasteiger partial charge >= 0.3 is 0 Å². The summed E-state index contributed by atoms with van der Waals surface area (Å²) in [6.07, 6.45) is 3.69. The van der Waals surface area contributed by atoms with E-state index in [4.69, 9.17) is 4.74 Å². The number of ether oxygens (including phenoxy) is 1. The SMILES string of the molecule is COc1cc(Cn2cc(C=O)cn2)cc([N+](=O)[O-])c1. The minimum atomic E-state index is -0.480. The van der Waals surface area contributed by atoms with E-state index in [0.717, 1.165) is 0 Å². The van der Waals surface area contributed by atoms with Gasteiger partial charge in [0, 0.05) is 12.3 Å². The number of non-ortho nitro benzene ring substituents is 1. The molecular formula is C12H11N3O4. The molecule has 0 N–H and O–H groups in total. The molecule has 0 radical (unpaired) electrons. The maximum Gasteiger partial charge on any atom is 0.273 e. The van der Waals surface area contributed by atoms with Crippen molar-refractivity contribution in [2.45, 2.75) is 6.54 Å². The highest BCUT2D eigenvalue weighted by Gasteiger charge is 2.11. The van der Waals surface area contributed by atoms with Gasteiger partial charge in [-0.1, -0.05) is 0 Å². The minimum absolute atomic E-state index is 0.0443. The number of aldehydes is 1. The van der Waals surface area contributed by atoms with Crippen molar-refractivity contribution in [1.82, 2.24) is 9.78 Å². The first-order valence-electron chi connectivity index (χ1n) is 5.42. The number of aromatic nitrogens is 2. The molecule has 0 atom stereocenters. The quantitative estimate of drug-likeness (QED) is 0.464. The van der Waals surface area contributed by atoms with Crippen molar-refractivity contribution in [2.75, 3.05) is 7.11 Å². The van der Waals surface area contributed by atoms with Gasteiger partial charge in [-0.05, 0) is 11.6 Å². The average Bonchev–Trinajstić information content (AvgIpc) is 2.85. The topological polar surface area (TPSA) is 87.3 Å². The van der Waals surface area contributed by atoms with Crippen LogP contribution in [-0.4, -0.2) is 28.1 Å². The highest BCUT2D eigenvalue weighted by Crippen LogP contribution is 2.23. The van der Waals surface area contributed by atoms with Crippen LogP contribution in [0, 0.1) is 10.1 Å². The predicted molar refractivity (Wildman–Crippen MR) is 66.4 cm³/mol. The molecule has 98 valence electrons. The molecule has 7 nitrogen and oxygen atoms in total. The van der Waals surface area contributed by atoms with Crippen molar-refractivity contribution in [3.63, 3.8) is 0 Å². The Hall–Kier alpha value is -2.70. The minimum Gasteiger partial charge on any atom is -0.496 e. The van der Waals surface area contributed by atoms with E-state index in [1.807, 2.05) is 0 Å². The summed E-state index contributed by atoms with van der Waals surface area (Å²) in [5, 5.41) is 14.8. The summed E-state index contributed by atoms with van der Waals surface area (Å²) in [7, 11) is 1.45. The van der Waals surface area contributed by atoms with Crippen molar-refractivity contribution >= 4 is 12.0 Å². The molecule has 0 spiro atoms. The summed E-state index contributed by atoms with van der Waals surface area (Å²) in [5.41, 5.74) is 1.08. The molecule has 1 aromatic heterocycles. The van der Waals surface area contributed by atoms with Gasteiger partial charge in [0.2, 0.25) is 0 Å². The van der Waals surface area contributed by atoms with E-state index in [1.54, 1.807) is 12.3 Å². The van der Waals surface area contributed by atoms with Gasteiger partial charge in [-0.2, -0.15) is 5.10 Å². The summed E-state index contributed by atoms with van der Waals surface area (Å²) in [5.74, 6) is 0.409. The maximum atomic E-state index is 10.8. The fraction of sp³-hybridized carbons (Fsp3) is 0.167. The van der Waals surface area contributed by atoms with Crippen LogP contribution in [-0.2, 0) is 6.54 Å². The molecule has 2 aromatic rings. The van der Waals surface area contributed by atoms with Crippen molar-refractivity contribution in [3.8, 4) is 5.75 Å². The summed E-state index contributed by atoms with van der Waals surface area (Å²) in [6.45, 7) is 0.325. The zero-order valence-corrected chi connectivity index (χ0v) is 10.1. The fourth-order valence-corrected chi connectivity index (χ4v) is 1.67. The Morgan fingerprint density at radius 3 is 2.84 bits per heavy atom.